The number of allylic oxidation sites excluding steroid dienone is 3. The van der Waals surface area contributed by atoms with Crippen LogP contribution in [-0.4, -0.2) is 34.9 Å². The average Bonchev–Trinajstić information content (AvgIpc) is 3.14. The maximum Gasteiger partial charge on any atom is 0.140 e. The van der Waals surface area contributed by atoms with E-state index in [-0.39, 0.29) is 17.4 Å². The Kier molecular flexibility index (Phi) is 6.07. The van der Waals surface area contributed by atoms with Crippen molar-refractivity contribution in [1.29, 1.82) is 5.26 Å². The lowest BCUT2D eigenvalue weighted by Crippen LogP contribution is -2.38. The third-order valence-corrected chi connectivity index (χ3v) is 6.87. The van der Waals surface area contributed by atoms with E-state index < -0.39 is 5.82 Å². The van der Waals surface area contributed by atoms with Crippen molar-refractivity contribution in [2.45, 2.75) is 43.9 Å². The van der Waals surface area contributed by atoms with E-state index in [4.69, 9.17) is 0 Å². The second-order valence-corrected chi connectivity index (χ2v) is 9.99. The Balaban J connectivity index is 1.56. The Morgan fingerprint density at radius 3 is 3.03 bits per heavy atom. The highest BCUT2D eigenvalue weighted by molar-refractivity contribution is 7.97. The number of aliphatic imine (C=N–C) groups is 1. The minimum atomic E-state index is -0.453. The number of nitriles is 1. The van der Waals surface area contributed by atoms with Crippen molar-refractivity contribution in [3.05, 3.63) is 59.2 Å². The molecule has 1 aliphatic carbocycles. The monoisotopic (exact) mass is 410 g/mol. The van der Waals surface area contributed by atoms with Crippen molar-refractivity contribution in [2.75, 3.05) is 13.1 Å². The van der Waals surface area contributed by atoms with Crippen molar-refractivity contribution in [3.63, 3.8) is 0 Å². The van der Waals surface area contributed by atoms with Gasteiger partial charge in [0.05, 0.1) is 5.56 Å². The Morgan fingerprint density at radius 1 is 1.38 bits per heavy atom. The van der Waals surface area contributed by atoms with Crippen LogP contribution in [-0.2, 0) is 0 Å². The van der Waals surface area contributed by atoms with E-state index in [1.165, 1.54) is 11.8 Å². The quantitative estimate of drug-likeness (QED) is 0.720. The van der Waals surface area contributed by atoms with Crippen LogP contribution in [0, 0.1) is 29.0 Å². The normalized spacial score (nSPS) is 28.9. The zero-order valence-corrected chi connectivity index (χ0v) is 17.7. The molecule has 152 valence electrons. The van der Waals surface area contributed by atoms with Crippen molar-refractivity contribution < 1.29 is 4.39 Å². The number of halogens is 1. The number of nitrogens with one attached hydrogen (secondary N) is 1. The third-order valence-electron chi connectivity index (χ3n) is 5.81. The first-order valence-corrected chi connectivity index (χ1v) is 11.2. The molecule has 0 bridgehead atoms. The van der Waals surface area contributed by atoms with E-state index in [1.54, 1.807) is 6.07 Å². The molecular formula is C23H27FN4S. The van der Waals surface area contributed by atoms with Crippen LogP contribution in [0.4, 0.5) is 4.39 Å². The maximum atomic E-state index is 13.8. The summed E-state index contributed by atoms with van der Waals surface area (Å²) in [5.74, 6) is 0.331. The fraction of sp³-hybridized carbons (Fsp3) is 0.478. The van der Waals surface area contributed by atoms with E-state index in [2.05, 4.69) is 40.6 Å². The van der Waals surface area contributed by atoms with Gasteiger partial charge < -0.3 is 5.32 Å². The summed E-state index contributed by atoms with van der Waals surface area (Å²) < 4.78 is 16.2. The highest BCUT2D eigenvalue weighted by Crippen LogP contribution is 2.40. The number of hydrogen-bond donors (Lipinski definition) is 1. The molecular weight excluding hydrogens is 383 g/mol. The van der Waals surface area contributed by atoms with Crippen molar-refractivity contribution in [3.8, 4) is 6.07 Å². The molecule has 0 aromatic heterocycles. The van der Waals surface area contributed by atoms with Gasteiger partial charge >= 0.3 is 0 Å². The first-order valence-electron chi connectivity index (χ1n) is 10.3. The Bertz CT molecular complexity index is 885. The summed E-state index contributed by atoms with van der Waals surface area (Å²) in [7, 11) is 0. The first-order chi connectivity index (χ1) is 14.0. The van der Waals surface area contributed by atoms with Crippen molar-refractivity contribution >= 4 is 18.2 Å². The summed E-state index contributed by atoms with van der Waals surface area (Å²) in [4.78, 5) is 4.38. The highest BCUT2D eigenvalue weighted by Gasteiger charge is 2.34. The van der Waals surface area contributed by atoms with E-state index in [1.807, 2.05) is 36.5 Å². The Hall–Kier alpha value is -2.10. The number of hydrogen-bond acceptors (Lipinski definition) is 5. The van der Waals surface area contributed by atoms with Crippen LogP contribution in [0.25, 0.3) is 0 Å². The third kappa shape index (κ3) is 4.57. The summed E-state index contributed by atoms with van der Waals surface area (Å²) in [6, 6.07) is 7.32. The number of benzene rings is 1. The van der Waals surface area contributed by atoms with Crippen molar-refractivity contribution in [2.24, 2.45) is 16.8 Å². The van der Waals surface area contributed by atoms with Crippen LogP contribution in [0.1, 0.15) is 43.7 Å². The van der Waals surface area contributed by atoms with E-state index in [0.29, 0.717) is 17.2 Å². The molecule has 0 amide bonds. The van der Waals surface area contributed by atoms with Gasteiger partial charge in [-0.3, -0.25) is 4.99 Å². The summed E-state index contributed by atoms with van der Waals surface area (Å²) >= 11 is 1.92. The first kappa shape index (κ1) is 20.2. The lowest BCUT2D eigenvalue weighted by Gasteiger charge is -2.36. The number of fused-ring (bicyclic) bond motifs is 1. The SMILES string of the molecule is CC(C)SN1CCC(NC2=CC(c3ccc(F)c(C#N)c3)CC3C=CN=CC23)C1. The second-order valence-electron chi connectivity index (χ2n) is 8.32. The molecule has 2 aliphatic heterocycles. The average molecular weight is 411 g/mol. The molecule has 1 N–H and O–H groups in total. The zero-order valence-electron chi connectivity index (χ0n) is 16.9. The van der Waals surface area contributed by atoms with Crippen LogP contribution >= 0.6 is 11.9 Å². The molecule has 0 saturated carbocycles. The van der Waals surface area contributed by atoms with Gasteiger partial charge in [0.25, 0.3) is 0 Å². The lowest BCUT2D eigenvalue weighted by atomic mass is 9.74. The summed E-state index contributed by atoms with van der Waals surface area (Å²) in [5, 5.41) is 13.6. The van der Waals surface area contributed by atoms with Crippen LogP contribution in [0.5, 0.6) is 0 Å². The van der Waals surface area contributed by atoms with Gasteiger partial charge in [-0.2, -0.15) is 5.26 Å². The standard InChI is InChI=1S/C23H27FN4S/c1-15(2)29-28-8-6-20(14-28)27-23-11-18(10-17-5-7-26-13-21(17)23)16-3-4-22(24)19(9-16)12-25/h3-5,7,9,11,13,15,17-18,20-21,27H,6,8,10,14H2,1-2H3. The molecule has 29 heavy (non-hydrogen) atoms. The number of nitrogens with zero attached hydrogens (tertiary/aromatic N) is 3. The minimum absolute atomic E-state index is 0.116. The van der Waals surface area contributed by atoms with Gasteiger partial charge in [0.15, 0.2) is 0 Å². The molecule has 4 nitrogen and oxygen atoms in total. The van der Waals surface area contributed by atoms with Gasteiger partial charge in [-0.1, -0.05) is 44.0 Å². The van der Waals surface area contributed by atoms with Crippen molar-refractivity contribution in [1.82, 2.24) is 9.62 Å². The molecule has 4 rings (SSSR count). The van der Waals surface area contributed by atoms with Crippen LogP contribution in [0.3, 0.4) is 0 Å². The molecule has 2 heterocycles. The fourth-order valence-corrected chi connectivity index (χ4v) is 5.54. The predicted octanol–water partition coefficient (Wildman–Crippen LogP) is 4.62. The minimum Gasteiger partial charge on any atom is -0.384 e. The molecule has 0 spiro atoms. The van der Waals surface area contributed by atoms with E-state index >= 15 is 0 Å². The van der Waals surface area contributed by atoms with Gasteiger partial charge in [0.1, 0.15) is 11.9 Å². The summed E-state index contributed by atoms with van der Waals surface area (Å²) in [6.45, 7) is 6.59. The van der Waals surface area contributed by atoms with Crippen LogP contribution < -0.4 is 5.32 Å². The summed E-state index contributed by atoms with van der Waals surface area (Å²) in [5.41, 5.74) is 2.33. The molecule has 6 heteroatoms. The molecule has 1 fully saturated rings. The van der Waals surface area contributed by atoms with Crippen LogP contribution in [0.2, 0.25) is 0 Å². The van der Waals surface area contributed by atoms with Gasteiger partial charge in [0, 0.05) is 54.3 Å². The second kappa shape index (κ2) is 8.73. The molecule has 3 aliphatic rings. The predicted molar refractivity (Wildman–Crippen MR) is 117 cm³/mol. The molecule has 4 unspecified atom stereocenters. The number of rotatable bonds is 5. The van der Waals surface area contributed by atoms with E-state index in [0.717, 1.165) is 31.5 Å². The van der Waals surface area contributed by atoms with Gasteiger partial charge in [-0.25, -0.2) is 8.70 Å². The summed E-state index contributed by atoms with van der Waals surface area (Å²) in [6.07, 6.45) is 10.4. The Labute approximate surface area is 176 Å². The van der Waals surface area contributed by atoms with Crippen LogP contribution in [0.15, 0.2) is 47.2 Å². The van der Waals surface area contributed by atoms with Gasteiger partial charge in [-0.15, -0.1) is 0 Å². The van der Waals surface area contributed by atoms with Gasteiger partial charge in [0.2, 0.25) is 0 Å². The topological polar surface area (TPSA) is 51.4 Å². The largest absolute Gasteiger partial charge is 0.384 e. The molecule has 1 aromatic rings. The highest BCUT2D eigenvalue weighted by atomic mass is 32.2. The molecule has 1 saturated heterocycles. The van der Waals surface area contributed by atoms with Gasteiger partial charge in [-0.05, 0) is 36.5 Å². The van der Waals surface area contributed by atoms with E-state index in [9.17, 15) is 9.65 Å². The Morgan fingerprint density at radius 2 is 2.24 bits per heavy atom. The fourth-order valence-electron chi connectivity index (χ4n) is 4.47. The zero-order chi connectivity index (χ0) is 20.4. The smallest absolute Gasteiger partial charge is 0.140 e. The maximum absolute atomic E-state index is 13.8. The molecule has 4 atom stereocenters. The lowest BCUT2D eigenvalue weighted by molar-refractivity contribution is 0.421. The molecule has 1 aromatic carbocycles. The molecule has 0 radical (unpaired) electrons.